The molecular formula is C20H26IN3O2S. The molecule has 2 N–H and O–H groups in total. The molecule has 0 radical (unpaired) electrons. The summed E-state index contributed by atoms with van der Waals surface area (Å²) in [6.07, 6.45) is 5.27. The SMILES string of the molecule is C#CCOc1cc(CN=C(NCC)NCc2ccc(C)s2)ccc1OC.I. The summed E-state index contributed by atoms with van der Waals surface area (Å²) in [7, 11) is 1.61. The molecule has 0 aliphatic carbocycles. The highest BCUT2D eigenvalue weighted by Gasteiger charge is 2.06. The van der Waals surface area contributed by atoms with E-state index in [9.17, 15) is 0 Å². The van der Waals surface area contributed by atoms with Gasteiger partial charge in [0.05, 0.1) is 20.2 Å². The molecular weight excluding hydrogens is 473 g/mol. The van der Waals surface area contributed by atoms with Gasteiger partial charge in [-0.2, -0.15) is 0 Å². The molecule has 1 aromatic carbocycles. The van der Waals surface area contributed by atoms with E-state index in [0.29, 0.717) is 18.0 Å². The zero-order valence-corrected chi connectivity index (χ0v) is 19.0. The highest BCUT2D eigenvalue weighted by atomic mass is 127. The standard InChI is InChI=1S/C20H25N3O2S.HI/c1-5-11-25-19-12-16(8-10-18(19)24-4)13-22-20(21-6-2)23-14-17-9-7-15(3)26-17;/h1,7-10,12H,6,11,13-14H2,2-4H3,(H2,21,22,23);1H. The Hall–Kier alpha value is -1.92. The van der Waals surface area contributed by atoms with E-state index >= 15 is 0 Å². The predicted octanol–water partition coefficient (Wildman–Crippen LogP) is 3.95. The molecule has 0 unspecified atom stereocenters. The van der Waals surface area contributed by atoms with Gasteiger partial charge in [0.1, 0.15) is 6.61 Å². The van der Waals surface area contributed by atoms with E-state index in [-0.39, 0.29) is 30.6 Å². The van der Waals surface area contributed by atoms with Crippen molar-refractivity contribution in [3.63, 3.8) is 0 Å². The fourth-order valence-corrected chi connectivity index (χ4v) is 3.14. The van der Waals surface area contributed by atoms with Crippen LogP contribution in [0.25, 0.3) is 0 Å². The van der Waals surface area contributed by atoms with Crippen molar-refractivity contribution in [2.75, 3.05) is 20.3 Å². The van der Waals surface area contributed by atoms with Crippen LogP contribution in [0, 0.1) is 19.3 Å². The van der Waals surface area contributed by atoms with E-state index in [4.69, 9.17) is 15.9 Å². The molecule has 7 heteroatoms. The number of aliphatic imine (C=N–C) groups is 1. The molecule has 0 spiro atoms. The largest absolute Gasteiger partial charge is 0.493 e. The van der Waals surface area contributed by atoms with Gasteiger partial charge in [-0.3, -0.25) is 0 Å². The zero-order chi connectivity index (χ0) is 18.8. The van der Waals surface area contributed by atoms with Crippen LogP contribution in [0.15, 0.2) is 35.3 Å². The first kappa shape index (κ1) is 23.1. The number of hydrogen-bond donors (Lipinski definition) is 2. The highest BCUT2D eigenvalue weighted by Crippen LogP contribution is 2.28. The molecule has 0 amide bonds. The minimum atomic E-state index is 0. The van der Waals surface area contributed by atoms with Gasteiger partial charge in [0.25, 0.3) is 0 Å². The molecule has 0 aliphatic heterocycles. The topological polar surface area (TPSA) is 54.9 Å². The van der Waals surface area contributed by atoms with Crippen LogP contribution in [0.1, 0.15) is 22.2 Å². The minimum absolute atomic E-state index is 0. The Kier molecular flexibility index (Phi) is 10.7. The van der Waals surface area contributed by atoms with Crippen molar-refractivity contribution in [2.45, 2.75) is 26.9 Å². The van der Waals surface area contributed by atoms with Crippen LogP contribution >= 0.6 is 35.3 Å². The first-order valence-electron chi connectivity index (χ1n) is 8.47. The van der Waals surface area contributed by atoms with Gasteiger partial charge < -0.3 is 20.1 Å². The highest BCUT2D eigenvalue weighted by molar-refractivity contribution is 14.0. The van der Waals surface area contributed by atoms with E-state index in [1.807, 2.05) is 25.1 Å². The predicted molar refractivity (Wildman–Crippen MR) is 123 cm³/mol. The van der Waals surface area contributed by atoms with Gasteiger partial charge in [0, 0.05) is 16.3 Å². The van der Waals surface area contributed by atoms with E-state index in [0.717, 1.165) is 24.6 Å². The minimum Gasteiger partial charge on any atom is -0.493 e. The fourth-order valence-electron chi connectivity index (χ4n) is 2.31. The van der Waals surface area contributed by atoms with Crippen molar-refractivity contribution in [1.82, 2.24) is 10.6 Å². The van der Waals surface area contributed by atoms with Crippen LogP contribution in [-0.4, -0.2) is 26.2 Å². The average molecular weight is 499 g/mol. The molecule has 0 aliphatic rings. The first-order valence-corrected chi connectivity index (χ1v) is 9.28. The summed E-state index contributed by atoms with van der Waals surface area (Å²) in [6.45, 7) is 6.43. The summed E-state index contributed by atoms with van der Waals surface area (Å²) < 4.78 is 10.8. The van der Waals surface area contributed by atoms with Crippen molar-refractivity contribution < 1.29 is 9.47 Å². The van der Waals surface area contributed by atoms with Gasteiger partial charge in [0.15, 0.2) is 17.5 Å². The maximum atomic E-state index is 5.54. The fraction of sp³-hybridized carbons (Fsp3) is 0.350. The van der Waals surface area contributed by atoms with E-state index in [1.165, 1.54) is 9.75 Å². The Morgan fingerprint density at radius 1 is 1.22 bits per heavy atom. The summed E-state index contributed by atoms with van der Waals surface area (Å²) in [6, 6.07) is 10.0. The third-order valence-electron chi connectivity index (χ3n) is 3.53. The molecule has 2 rings (SSSR count). The monoisotopic (exact) mass is 499 g/mol. The summed E-state index contributed by atoms with van der Waals surface area (Å²) >= 11 is 1.78. The van der Waals surface area contributed by atoms with Crippen molar-refractivity contribution in [2.24, 2.45) is 4.99 Å². The second kappa shape index (κ2) is 12.5. The summed E-state index contributed by atoms with van der Waals surface area (Å²) in [5, 5.41) is 6.62. The molecule has 1 aromatic heterocycles. The van der Waals surface area contributed by atoms with Gasteiger partial charge in [-0.25, -0.2) is 4.99 Å². The maximum absolute atomic E-state index is 5.54. The number of halogens is 1. The van der Waals surface area contributed by atoms with Gasteiger partial charge in [-0.05, 0) is 43.7 Å². The van der Waals surface area contributed by atoms with Crippen molar-refractivity contribution in [1.29, 1.82) is 0 Å². The number of ether oxygens (including phenoxy) is 2. The van der Waals surface area contributed by atoms with Crippen LogP contribution in [0.5, 0.6) is 11.5 Å². The van der Waals surface area contributed by atoms with Crippen molar-refractivity contribution >= 4 is 41.3 Å². The number of thiophene rings is 1. The molecule has 2 aromatic rings. The molecule has 5 nitrogen and oxygen atoms in total. The van der Waals surface area contributed by atoms with Gasteiger partial charge >= 0.3 is 0 Å². The average Bonchev–Trinajstić information content (AvgIpc) is 3.07. The lowest BCUT2D eigenvalue weighted by Crippen LogP contribution is -2.36. The lowest BCUT2D eigenvalue weighted by atomic mass is 10.2. The number of nitrogens with one attached hydrogen (secondary N) is 2. The van der Waals surface area contributed by atoms with Gasteiger partial charge in [0.2, 0.25) is 0 Å². The van der Waals surface area contributed by atoms with Crippen LogP contribution in [-0.2, 0) is 13.1 Å². The van der Waals surface area contributed by atoms with E-state index in [1.54, 1.807) is 18.4 Å². The normalized spacial score (nSPS) is 10.5. The number of hydrogen-bond acceptors (Lipinski definition) is 4. The number of methoxy groups -OCH3 is 1. The molecule has 0 bridgehead atoms. The van der Waals surface area contributed by atoms with Crippen LogP contribution in [0.3, 0.4) is 0 Å². The zero-order valence-electron chi connectivity index (χ0n) is 15.9. The number of terminal acetylenes is 1. The Bertz CT molecular complexity index is 784. The Morgan fingerprint density at radius 3 is 2.67 bits per heavy atom. The van der Waals surface area contributed by atoms with Crippen LogP contribution < -0.4 is 20.1 Å². The van der Waals surface area contributed by atoms with Gasteiger partial charge in [-0.15, -0.1) is 41.7 Å². The maximum Gasteiger partial charge on any atom is 0.191 e. The third-order valence-corrected chi connectivity index (χ3v) is 4.53. The molecule has 0 fully saturated rings. The van der Waals surface area contributed by atoms with Crippen molar-refractivity contribution in [3.8, 4) is 23.8 Å². The quantitative estimate of drug-likeness (QED) is 0.250. The lowest BCUT2D eigenvalue weighted by molar-refractivity contribution is 0.330. The van der Waals surface area contributed by atoms with Crippen molar-refractivity contribution in [3.05, 3.63) is 45.6 Å². The molecule has 0 saturated heterocycles. The number of nitrogens with zero attached hydrogens (tertiary/aromatic N) is 1. The van der Waals surface area contributed by atoms with Gasteiger partial charge in [-0.1, -0.05) is 12.0 Å². The smallest absolute Gasteiger partial charge is 0.191 e. The number of guanidine groups is 1. The summed E-state index contributed by atoms with van der Waals surface area (Å²) in [5.41, 5.74) is 1.02. The molecule has 27 heavy (non-hydrogen) atoms. The summed E-state index contributed by atoms with van der Waals surface area (Å²) in [5.74, 6) is 4.53. The lowest BCUT2D eigenvalue weighted by Gasteiger charge is -2.12. The Morgan fingerprint density at radius 2 is 2.04 bits per heavy atom. The summed E-state index contributed by atoms with van der Waals surface area (Å²) in [4.78, 5) is 7.23. The number of rotatable bonds is 8. The molecule has 146 valence electrons. The molecule has 0 saturated carbocycles. The van der Waals surface area contributed by atoms with Crippen LogP contribution in [0.2, 0.25) is 0 Å². The number of benzene rings is 1. The third kappa shape index (κ3) is 7.69. The second-order valence-corrected chi connectivity index (χ2v) is 6.91. The Balaban J connectivity index is 0.00000364. The molecule has 0 atom stereocenters. The molecule has 1 heterocycles. The number of aryl methyl sites for hydroxylation is 1. The Labute approximate surface area is 182 Å². The van der Waals surface area contributed by atoms with E-state index in [2.05, 4.69) is 40.6 Å². The second-order valence-electron chi connectivity index (χ2n) is 5.54. The first-order chi connectivity index (χ1) is 12.7. The van der Waals surface area contributed by atoms with Crippen LogP contribution in [0.4, 0.5) is 0 Å². The van der Waals surface area contributed by atoms with E-state index < -0.39 is 0 Å².